The number of quaternary nitrogens is 1. The summed E-state index contributed by atoms with van der Waals surface area (Å²) < 4.78 is 38.4. The smallest absolute Gasteiger partial charge is 0.331 e. The van der Waals surface area contributed by atoms with Crippen molar-refractivity contribution in [2.45, 2.75) is 75.3 Å². The Hall–Kier alpha value is -3.11. The van der Waals surface area contributed by atoms with Gasteiger partial charge in [0, 0.05) is 37.1 Å². The van der Waals surface area contributed by atoms with Gasteiger partial charge >= 0.3 is 5.97 Å². The molecule has 2 bridgehead atoms. The molecule has 4 aliphatic heterocycles. The molecule has 4 aliphatic rings. The van der Waals surface area contributed by atoms with Gasteiger partial charge in [0.15, 0.2) is 6.10 Å². The summed E-state index contributed by atoms with van der Waals surface area (Å²) >= 11 is 0. The van der Waals surface area contributed by atoms with E-state index < -0.39 is 15.7 Å². The van der Waals surface area contributed by atoms with Crippen molar-refractivity contribution in [1.29, 1.82) is 0 Å². The van der Waals surface area contributed by atoms with Crippen LogP contribution in [0, 0.1) is 12.8 Å². The zero-order chi connectivity index (χ0) is 31.9. The number of hydrogen-bond acceptors (Lipinski definition) is 7. The molecule has 2 atom stereocenters. The number of piperidine rings is 4. The number of hydrogen-bond donors (Lipinski definition) is 0. The number of carbonyl (C=O) groups excluding carboxylic acids is 1. The summed E-state index contributed by atoms with van der Waals surface area (Å²) in [6, 6.07) is 21.9. The number of fused-ring (bicyclic) bond motifs is 3. The second-order valence-electron chi connectivity index (χ2n) is 13.1. The Morgan fingerprint density at radius 3 is 2.24 bits per heavy atom. The molecule has 0 unspecified atom stereocenters. The molecule has 0 spiro atoms. The molecule has 0 N–H and O–H groups in total. The predicted octanol–water partition coefficient (Wildman–Crippen LogP) is 5.47. The Morgan fingerprint density at radius 2 is 1.64 bits per heavy atom. The van der Waals surface area contributed by atoms with Crippen LogP contribution in [0.4, 0.5) is 0 Å². The summed E-state index contributed by atoms with van der Waals surface area (Å²) in [5, 5.41) is 0. The van der Waals surface area contributed by atoms with Crippen LogP contribution in [0.5, 0.6) is 0 Å². The minimum Gasteiger partial charge on any atom is -0.744 e. The molecule has 7 rings (SSSR count). The Balaban J connectivity index is 0.000000342. The lowest BCUT2D eigenvalue weighted by Gasteiger charge is -2.53. The van der Waals surface area contributed by atoms with E-state index in [0.29, 0.717) is 5.92 Å². The average Bonchev–Trinajstić information content (AvgIpc) is 3.06. The van der Waals surface area contributed by atoms with Gasteiger partial charge in [-0.2, -0.15) is 0 Å². The molecule has 5 heterocycles. The van der Waals surface area contributed by atoms with Crippen molar-refractivity contribution < 1.29 is 27.0 Å². The number of benzene rings is 2. The van der Waals surface area contributed by atoms with Crippen LogP contribution in [-0.4, -0.2) is 78.7 Å². The fourth-order valence-corrected chi connectivity index (χ4v) is 7.91. The number of esters is 1. The van der Waals surface area contributed by atoms with Crippen LogP contribution in [0.25, 0.3) is 0 Å². The molecule has 4 fully saturated rings. The standard InChI is InChI=1S/C30H42N3O2.C6H6O3S/c1-24-22-25(13-16-31-24)10-9-19-33-20-14-26(15-21-33)28(23-33)35-29(34)30(2,27-11-5-3-6-12-27)32-17-7-4-8-18-32;7-10(8,9)6-4-2-1-3-5-6/h3,5-6,11-13,16,22,26,28H,4,7-10,14-15,17-21,23H2,1-2H3;1-5H,(H,7,8,9)/q+1;/p-1/t26?,28-,30-,33?;/m0./s1. The SMILES string of the molecule is Cc1cc(CCC[N+]23CCC(CC2)[C@@H](OC(=O)[C@](C)(c2ccccc2)N2CCCCC2)C3)ccn1.O=S(=O)([O-])c1ccccc1. The molecule has 9 heteroatoms. The van der Waals surface area contributed by atoms with Crippen LogP contribution >= 0.6 is 0 Å². The molecular formula is C36H47N3O5S. The summed E-state index contributed by atoms with van der Waals surface area (Å²) in [6.45, 7) is 10.7. The topological polar surface area (TPSA) is 99.6 Å². The highest BCUT2D eigenvalue weighted by Crippen LogP contribution is 2.39. The van der Waals surface area contributed by atoms with Gasteiger partial charge in [0.2, 0.25) is 0 Å². The van der Waals surface area contributed by atoms with E-state index in [9.17, 15) is 17.8 Å². The van der Waals surface area contributed by atoms with Gasteiger partial charge in [0.05, 0.1) is 24.5 Å². The average molecular weight is 634 g/mol. The molecule has 2 aromatic carbocycles. The monoisotopic (exact) mass is 633 g/mol. The largest absolute Gasteiger partial charge is 0.744 e. The molecule has 1 aromatic heterocycles. The van der Waals surface area contributed by atoms with Crippen molar-refractivity contribution >= 4 is 16.1 Å². The fraction of sp³-hybridized carbons (Fsp3) is 0.500. The van der Waals surface area contributed by atoms with Crippen LogP contribution in [0.1, 0.15) is 62.3 Å². The van der Waals surface area contributed by atoms with Gasteiger partial charge in [-0.25, -0.2) is 13.2 Å². The van der Waals surface area contributed by atoms with E-state index in [4.69, 9.17) is 4.74 Å². The van der Waals surface area contributed by atoms with E-state index in [1.165, 1.54) is 75.1 Å². The highest BCUT2D eigenvalue weighted by molar-refractivity contribution is 7.85. The lowest BCUT2D eigenvalue weighted by Crippen LogP contribution is -2.65. The number of ether oxygens (including phenoxy) is 1. The van der Waals surface area contributed by atoms with Crippen LogP contribution < -0.4 is 0 Å². The Morgan fingerprint density at radius 1 is 1.00 bits per heavy atom. The first-order valence-electron chi connectivity index (χ1n) is 16.4. The van der Waals surface area contributed by atoms with E-state index in [1.54, 1.807) is 6.07 Å². The van der Waals surface area contributed by atoms with Crippen molar-refractivity contribution in [3.05, 3.63) is 95.8 Å². The highest BCUT2D eigenvalue weighted by Gasteiger charge is 2.50. The molecule has 0 amide bonds. The normalized spacial score (nSPS) is 24.6. The summed E-state index contributed by atoms with van der Waals surface area (Å²) in [7, 11) is -4.25. The second-order valence-corrected chi connectivity index (χ2v) is 14.5. The van der Waals surface area contributed by atoms with Gasteiger partial charge in [-0.05, 0) is 81.6 Å². The molecule has 0 radical (unpaired) electrons. The van der Waals surface area contributed by atoms with Gasteiger partial charge in [0.25, 0.3) is 0 Å². The minimum atomic E-state index is -4.25. The van der Waals surface area contributed by atoms with Crippen molar-refractivity contribution in [2.75, 3.05) is 39.3 Å². The summed E-state index contributed by atoms with van der Waals surface area (Å²) in [5.41, 5.74) is 2.82. The van der Waals surface area contributed by atoms with Crippen molar-refractivity contribution in [1.82, 2.24) is 9.88 Å². The molecule has 242 valence electrons. The van der Waals surface area contributed by atoms with E-state index in [0.717, 1.165) is 54.6 Å². The van der Waals surface area contributed by atoms with Gasteiger partial charge in [0.1, 0.15) is 22.2 Å². The zero-order valence-corrected chi connectivity index (χ0v) is 27.5. The molecule has 3 aromatic rings. The van der Waals surface area contributed by atoms with Gasteiger partial charge in [-0.3, -0.25) is 9.88 Å². The Kier molecular flexibility index (Phi) is 10.7. The summed E-state index contributed by atoms with van der Waals surface area (Å²) in [4.78, 5) is 20.5. The van der Waals surface area contributed by atoms with Gasteiger partial charge < -0.3 is 13.8 Å². The summed E-state index contributed by atoms with van der Waals surface area (Å²) in [5.74, 6) is 0.470. The first-order chi connectivity index (χ1) is 21.6. The molecule has 8 nitrogen and oxygen atoms in total. The van der Waals surface area contributed by atoms with Gasteiger partial charge in [-0.1, -0.05) is 55.0 Å². The van der Waals surface area contributed by atoms with Crippen LogP contribution in [0.3, 0.4) is 0 Å². The maximum atomic E-state index is 14.0. The van der Waals surface area contributed by atoms with E-state index in [1.807, 2.05) is 24.4 Å². The van der Waals surface area contributed by atoms with E-state index in [2.05, 4.69) is 48.0 Å². The third-order valence-electron chi connectivity index (χ3n) is 10.1. The quantitative estimate of drug-likeness (QED) is 0.175. The van der Waals surface area contributed by atoms with Gasteiger partial charge in [-0.15, -0.1) is 0 Å². The number of carbonyl (C=O) groups is 1. The fourth-order valence-electron chi connectivity index (χ4n) is 7.42. The number of likely N-dealkylation sites (tertiary alicyclic amines) is 1. The van der Waals surface area contributed by atoms with E-state index >= 15 is 0 Å². The zero-order valence-electron chi connectivity index (χ0n) is 26.6. The number of rotatable bonds is 9. The van der Waals surface area contributed by atoms with Crippen LogP contribution in [-0.2, 0) is 31.6 Å². The number of pyridine rings is 1. The lowest BCUT2D eigenvalue weighted by molar-refractivity contribution is -0.946. The second kappa shape index (κ2) is 14.5. The van der Waals surface area contributed by atoms with Crippen molar-refractivity contribution in [3.8, 4) is 0 Å². The summed E-state index contributed by atoms with van der Waals surface area (Å²) in [6.07, 6.45) is 10.1. The first-order valence-corrected chi connectivity index (χ1v) is 17.8. The van der Waals surface area contributed by atoms with Crippen LogP contribution in [0.2, 0.25) is 0 Å². The third-order valence-corrected chi connectivity index (χ3v) is 11.0. The van der Waals surface area contributed by atoms with Crippen molar-refractivity contribution in [3.63, 3.8) is 0 Å². The molecule has 4 saturated heterocycles. The Labute approximate surface area is 268 Å². The maximum absolute atomic E-state index is 14.0. The Bertz CT molecular complexity index is 1500. The molecule has 0 saturated carbocycles. The van der Waals surface area contributed by atoms with Crippen molar-refractivity contribution in [2.24, 2.45) is 5.92 Å². The maximum Gasteiger partial charge on any atom is 0.331 e. The highest BCUT2D eigenvalue weighted by atomic mass is 32.2. The van der Waals surface area contributed by atoms with Crippen LogP contribution in [0.15, 0.2) is 83.9 Å². The molecule has 0 aliphatic carbocycles. The first kappa shape index (κ1) is 33.3. The predicted molar refractivity (Wildman–Crippen MR) is 173 cm³/mol. The molecule has 45 heavy (non-hydrogen) atoms. The number of aryl methyl sites for hydroxylation is 2. The third kappa shape index (κ3) is 8.19. The minimum absolute atomic E-state index is 0.0426. The number of aromatic nitrogens is 1. The van der Waals surface area contributed by atoms with E-state index in [-0.39, 0.29) is 17.0 Å². The number of nitrogens with zero attached hydrogens (tertiary/aromatic N) is 3. The molecular weight excluding hydrogens is 586 g/mol. The lowest BCUT2D eigenvalue weighted by atomic mass is 9.82.